The lowest BCUT2D eigenvalue weighted by atomic mass is 10.1. The van der Waals surface area contributed by atoms with Crippen LogP contribution in [0.15, 0.2) is 71.3 Å². The Kier molecular flexibility index (Phi) is 5.53. The van der Waals surface area contributed by atoms with Gasteiger partial charge in [0.15, 0.2) is 0 Å². The molecule has 7 heteroatoms. The van der Waals surface area contributed by atoms with Gasteiger partial charge in [0.25, 0.3) is 0 Å². The van der Waals surface area contributed by atoms with Crippen LogP contribution in [0.5, 0.6) is 0 Å². The predicted molar refractivity (Wildman–Crippen MR) is 112 cm³/mol. The molecule has 1 aromatic heterocycles. The summed E-state index contributed by atoms with van der Waals surface area (Å²) in [6, 6.07) is 18.3. The number of carbonyl (C=O) groups excluding carboxylic acids is 2. The number of halogens is 1. The average molecular weight is 410 g/mol. The summed E-state index contributed by atoms with van der Waals surface area (Å²) in [7, 11) is 0. The minimum atomic E-state index is -0.743. The molecule has 1 atom stereocenters. The minimum absolute atomic E-state index is 0.212. The van der Waals surface area contributed by atoms with Gasteiger partial charge in [-0.2, -0.15) is 0 Å². The third-order valence-electron chi connectivity index (χ3n) is 4.92. The Hall–Kier alpha value is -3.25. The lowest BCUT2D eigenvalue weighted by Crippen LogP contribution is -2.41. The number of nitrogens with one attached hydrogen (secondary N) is 2. The number of benzene rings is 2. The molecule has 2 aromatic carbocycles. The van der Waals surface area contributed by atoms with Crippen molar-refractivity contribution < 1.29 is 14.0 Å². The van der Waals surface area contributed by atoms with E-state index in [1.165, 1.54) is 5.56 Å². The minimum Gasteiger partial charge on any atom is -0.467 e. The van der Waals surface area contributed by atoms with Gasteiger partial charge in [-0.1, -0.05) is 35.9 Å². The van der Waals surface area contributed by atoms with Crippen molar-refractivity contribution in [1.82, 2.24) is 5.32 Å². The third kappa shape index (κ3) is 4.27. The van der Waals surface area contributed by atoms with Gasteiger partial charge in [0.2, 0.25) is 0 Å². The number of carbonyl (C=O) groups is 2. The quantitative estimate of drug-likeness (QED) is 0.629. The summed E-state index contributed by atoms with van der Waals surface area (Å²) in [6.45, 7) is 1.05. The van der Waals surface area contributed by atoms with Crippen molar-refractivity contribution in [2.24, 2.45) is 0 Å². The molecular weight excluding hydrogens is 390 g/mol. The summed E-state index contributed by atoms with van der Waals surface area (Å²) < 4.78 is 5.62. The number of amides is 2. The molecule has 2 N–H and O–H groups in total. The van der Waals surface area contributed by atoms with Gasteiger partial charge in [0.1, 0.15) is 11.8 Å². The molecule has 0 fully saturated rings. The van der Waals surface area contributed by atoms with Crippen LogP contribution >= 0.6 is 11.6 Å². The maximum Gasteiger partial charge on any atom is 0.313 e. The Balaban J connectivity index is 1.45. The molecule has 0 spiro atoms. The first-order valence-corrected chi connectivity index (χ1v) is 9.72. The molecule has 29 heavy (non-hydrogen) atoms. The monoisotopic (exact) mass is 409 g/mol. The van der Waals surface area contributed by atoms with Crippen LogP contribution in [0, 0.1) is 0 Å². The van der Waals surface area contributed by atoms with Gasteiger partial charge < -0.3 is 20.0 Å². The summed E-state index contributed by atoms with van der Waals surface area (Å²) in [5.74, 6) is -0.724. The van der Waals surface area contributed by atoms with Crippen molar-refractivity contribution in [3.8, 4) is 0 Å². The number of nitrogens with zero attached hydrogens (tertiary/aromatic N) is 1. The molecule has 2 heterocycles. The van der Waals surface area contributed by atoms with E-state index in [-0.39, 0.29) is 12.6 Å². The number of para-hydroxylation sites is 1. The maximum atomic E-state index is 12.4. The van der Waals surface area contributed by atoms with E-state index < -0.39 is 11.8 Å². The fourth-order valence-corrected chi connectivity index (χ4v) is 3.75. The Labute approximate surface area is 173 Å². The zero-order valence-electron chi connectivity index (χ0n) is 15.6. The summed E-state index contributed by atoms with van der Waals surface area (Å²) in [5.41, 5.74) is 2.84. The summed E-state index contributed by atoms with van der Waals surface area (Å²) in [5, 5.41) is 5.76. The number of fused-ring (bicyclic) bond motifs is 1. The summed E-state index contributed by atoms with van der Waals surface area (Å²) in [6.07, 6.45) is 2.54. The Bertz CT molecular complexity index is 1020. The topological polar surface area (TPSA) is 74.6 Å². The van der Waals surface area contributed by atoms with Crippen molar-refractivity contribution in [3.05, 3.63) is 83.3 Å². The number of hydrogen-bond acceptors (Lipinski definition) is 4. The fourth-order valence-electron chi connectivity index (χ4n) is 3.56. The molecule has 1 aliphatic heterocycles. The van der Waals surface area contributed by atoms with Crippen LogP contribution in [0.2, 0.25) is 5.02 Å². The second-order valence-corrected chi connectivity index (χ2v) is 7.21. The largest absolute Gasteiger partial charge is 0.467 e. The van der Waals surface area contributed by atoms with Crippen LogP contribution in [-0.4, -0.2) is 24.9 Å². The highest BCUT2D eigenvalue weighted by molar-refractivity contribution is 6.39. The highest BCUT2D eigenvalue weighted by atomic mass is 35.5. The second kappa shape index (κ2) is 8.41. The molecule has 1 unspecified atom stereocenters. The third-order valence-corrected chi connectivity index (χ3v) is 5.15. The normalized spacial score (nSPS) is 13.6. The summed E-state index contributed by atoms with van der Waals surface area (Å²) >= 11 is 5.91. The highest BCUT2D eigenvalue weighted by Crippen LogP contribution is 2.34. The van der Waals surface area contributed by atoms with E-state index in [1.807, 2.05) is 24.3 Å². The van der Waals surface area contributed by atoms with Crippen LogP contribution < -0.4 is 15.5 Å². The zero-order valence-corrected chi connectivity index (χ0v) is 16.4. The molecule has 3 aromatic rings. The van der Waals surface area contributed by atoms with Gasteiger partial charge in [-0.25, -0.2) is 0 Å². The van der Waals surface area contributed by atoms with Crippen LogP contribution in [0.4, 0.5) is 11.4 Å². The van der Waals surface area contributed by atoms with Crippen molar-refractivity contribution >= 4 is 34.8 Å². The number of anilines is 2. The fraction of sp³-hybridized carbons (Fsp3) is 0.182. The Morgan fingerprint density at radius 2 is 1.93 bits per heavy atom. The smallest absolute Gasteiger partial charge is 0.313 e. The van der Waals surface area contributed by atoms with E-state index >= 15 is 0 Å². The van der Waals surface area contributed by atoms with Gasteiger partial charge >= 0.3 is 11.8 Å². The number of furan rings is 1. The Morgan fingerprint density at radius 3 is 2.72 bits per heavy atom. The molecular formula is C22H20ClN3O3. The maximum absolute atomic E-state index is 12.4. The van der Waals surface area contributed by atoms with Crippen molar-refractivity contribution in [1.29, 1.82) is 0 Å². The first kappa shape index (κ1) is 19.1. The van der Waals surface area contributed by atoms with E-state index in [4.69, 9.17) is 16.0 Å². The average Bonchev–Trinajstić information content (AvgIpc) is 3.39. The van der Waals surface area contributed by atoms with Gasteiger partial charge in [-0.05, 0) is 48.4 Å². The van der Waals surface area contributed by atoms with E-state index in [9.17, 15) is 9.59 Å². The van der Waals surface area contributed by atoms with Crippen LogP contribution in [0.3, 0.4) is 0 Å². The van der Waals surface area contributed by atoms with E-state index in [0.717, 1.165) is 24.4 Å². The molecule has 0 bridgehead atoms. The van der Waals surface area contributed by atoms with E-state index in [1.54, 1.807) is 30.5 Å². The SMILES string of the molecule is O=C(NCC(c1ccco1)N1CCc2ccccc21)C(=O)Nc1cccc(Cl)c1. The zero-order chi connectivity index (χ0) is 20.2. The van der Waals surface area contributed by atoms with Crippen molar-refractivity contribution in [2.45, 2.75) is 12.5 Å². The van der Waals surface area contributed by atoms with Gasteiger partial charge in [0.05, 0.1) is 6.26 Å². The number of rotatable bonds is 5. The second-order valence-electron chi connectivity index (χ2n) is 6.78. The molecule has 0 aliphatic carbocycles. The highest BCUT2D eigenvalue weighted by Gasteiger charge is 2.29. The van der Waals surface area contributed by atoms with E-state index in [2.05, 4.69) is 27.7 Å². The molecule has 4 rings (SSSR count). The molecule has 0 radical (unpaired) electrons. The van der Waals surface area contributed by atoms with Gasteiger partial charge in [0, 0.05) is 29.5 Å². The predicted octanol–water partition coefficient (Wildman–Crippen LogP) is 3.79. The standard InChI is InChI=1S/C22H20ClN3O3/c23-16-6-3-7-17(13-16)25-22(28)21(27)24-14-19(20-9-4-12-29-20)26-11-10-15-5-1-2-8-18(15)26/h1-9,12-13,19H,10-11,14H2,(H,24,27)(H,25,28). The molecule has 148 valence electrons. The van der Waals surface area contributed by atoms with Crippen LogP contribution in [0.25, 0.3) is 0 Å². The molecule has 1 aliphatic rings. The van der Waals surface area contributed by atoms with Gasteiger partial charge in [-0.15, -0.1) is 0 Å². The molecule has 2 amide bonds. The molecule has 6 nitrogen and oxygen atoms in total. The van der Waals surface area contributed by atoms with Crippen molar-refractivity contribution in [3.63, 3.8) is 0 Å². The molecule has 0 saturated carbocycles. The van der Waals surface area contributed by atoms with Crippen LogP contribution in [0.1, 0.15) is 17.4 Å². The lowest BCUT2D eigenvalue weighted by Gasteiger charge is -2.29. The van der Waals surface area contributed by atoms with Crippen molar-refractivity contribution in [2.75, 3.05) is 23.3 Å². The first-order valence-electron chi connectivity index (χ1n) is 9.34. The van der Waals surface area contributed by atoms with E-state index in [0.29, 0.717) is 10.7 Å². The molecule has 0 saturated heterocycles. The number of hydrogen-bond donors (Lipinski definition) is 2. The Morgan fingerprint density at radius 1 is 1.07 bits per heavy atom. The van der Waals surface area contributed by atoms with Crippen LogP contribution in [-0.2, 0) is 16.0 Å². The van der Waals surface area contributed by atoms with Gasteiger partial charge in [-0.3, -0.25) is 9.59 Å². The summed E-state index contributed by atoms with van der Waals surface area (Å²) in [4.78, 5) is 26.8. The first-order chi connectivity index (χ1) is 14.1. The lowest BCUT2D eigenvalue weighted by molar-refractivity contribution is -0.136.